The first-order valence-electron chi connectivity index (χ1n) is 39.8. The second kappa shape index (κ2) is 74.7. The molecule has 102 heavy (non-hydrogen) atoms. The summed E-state index contributed by atoms with van der Waals surface area (Å²) in [5.41, 5.74) is 0. The van der Waals surface area contributed by atoms with E-state index in [4.69, 9.17) is 37.0 Å². The van der Waals surface area contributed by atoms with Gasteiger partial charge in [-0.3, -0.25) is 37.3 Å². The molecule has 0 aliphatic heterocycles. The summed E-state index contributed by atoms with van der Waals surface area (Å²) in [6, 6.07) is 0. The lowest BCUT2D eigenvalue weighted by Gasteiger charge is -2.21. The van der Waals surface area contributed by atoms with Crippen molar-refractivity contribution in [1.82, 2.24) is 0 Å². The molecule has 0 aromatic rings. The summed E-state index contributed by atoms with van der Waals surface area (Å²) < 4.78 is 68.6. The number of hydrogen-bond acceptors (Lipinski definition) is 15. The molecule has 0 bridgehead atoms. The Kier molecular flexibility index (Phi) is 71.4. The molecule has 0 aliphatic carbocycles. The quantitative estimate of drug-likeness (QED) is 0.0169. The maximum atomic E-state index is 13.1. The molecule has 0 radical (unpaired) electrons. The van der Waals surface area contributed by atoms with Crippen molar-refractivity contribution in [2.45, 2.75) is 341 Å². The standard InChI is InChI=1S/C83H142O17P2/c1-5-9-13-17-21-25-29-33-37-38-42-44-48-52-56-60-64-68-81(86)94-74-79(100-83(88)70-66-62-58-54-50-46-41-36-32-28-24-20-16-12-8-4)76-98-102(91,92)96-72-77(84)71-95-101(89,90)97-75-78(99-82(87)69-65-61-57-53-49-45-40-35-31-27-23-19-15-11-7-3)73-93-80(85)67-63-59-55-51-47-43-39-34-30-26-22-18-14-10-6-2/h9-11,13-15,21-23,25-27,33-35,37,39-40,42,44,77-79,84H,5-8,12,16-20,24,28-32,36,38,41,43,45-76H2,1-4H3,(H,89,90)(H,91,92)/b13-9-,14-10-,15-11-,25-21-,26-22-,27-23-,37-33-,39-34-,40-35-,44-42-. The van der Waals surface area contributed by atoms with Crippen molar-refractivity contribution in [3.05, 3.63) is 122 Å². The normalized spacial score (nSPS) is 14.5. The van der Waals surface area contributed by atoms with E-state index in [1.165, 1.54) is 64.2 Å². The van der Waals surface area contributed by atoms with Crippen molar-refractivity contribution >= 4 is 39.5 Å². The summed E-state index contributed by atoms with van der Waals surface area (Å²) >= 11 is 0. The first-order valence-corrected chi connectivity index (χ1v) is 42.8. The summed E-state index contributed by atoms with van der Waals surface area (Å²) in [7, 11) is -9.97. The lowest BCUT2D eigenvalue weighted by Crippen LogP contribution is -2.30. The predicted octanol–water partition coefficient (Wildman–Crippen LogP) is 23.1. The van der Waals surface area contributed by atoms with Gasteiger partial charge in [0.15, 0.2) is 12.2 Å². The molecule has 3 N–H and O–H groups in total. The minimum absolute atomic E-state index is 0.0694. The van der Waals surface area contributed by atoms with E-state index in [1.807, 2.05) is 0 Å². The molecule has 0 amide bonds. The number of hydrogen-bond donors (Lipinski definition) is 3. The molecule has 19 heteroatoms. The minimum Gasteiger partial charge on any atom is -0.462 e. The van der Waals surface area contributed by atoms with Gasteiger partial charge >= 0.3 is 39.5 Å². The van der Waals surface area contributed by atoms with Crippen LogP contribution in [0.4, 0.5) is 0 Å². The summed E-state index contributed by atoms with van der Waals surface area (Å²) in [6.07, 6.45) is 81.7. The largest absolute Gasteiger partial charge is 0.472 e. The van der Waals surface area contributed by atoms with Crippen LogP contribution in [0.5, 0.6) is 0 Å². The Morgan fingerprint density at radius 2 is 0.510 bits per heavy atom. The van der Waals surface area contributed by atoms with Gasteiger partial charge in [-0.2, -0.15) is 0 Å². The van der Waals surface area contributed by atoms with Gasteiger partial charge in [-0.25, -0.2) is 9.13 Å². The molecule has 5 atom stereocenters. The summed E-state index contributed by atoms with van der Waals surface area (Å²) in [4.78, 5) is 73.0. The van der Waals surface area contributed by atoms with E-state index in [2.05, 4.69) is 149 Å². The van der Waals surface area contributed by atoms with Crippen molar-refractivity contribution in [2.75, 3.05) is 39.6 Å². The van der Waals surface area contributed by atoms with E-state index < -0.39 is 97.5 Å². The monoisotopic (exact) mass is 1470 g/mol. The smallest absolute Gasteiger partial charge is 0.462 e. The number of allylic oxidation sites excluding steroid dienone is 20. The van der Waals surface area contributed by atoms with Crippen LogP contribution in [0.2, 0.25) is 0 Å². The maximum absolute atomic E-state index is 13.1. The van der Waals surface area contributed by atoms with Crippen LogP contribution < -0.4 is 0 Å². The fourth-order valence-electron chi connectivity index (χ4n) is 10.5. The van der Waals surface area contributed by atoms with Crippen LogP contribution >= 0.6 is 15.6 Å². The van der Waals surface area contributed by atoms with Crippen LogP contribution in [-0.4, -0.2) is 96.7 Å². The highest BCUT2D eigenvalue weighted by Gasteiger charge is 2.30. The number of rotatable bonds is 74. The van der Waals surface area contributed by atoms with Crippen molar-refractivity contribution in [2.24, 2.45) is 0 Å². The Bertz CT molecular complexity index is 2410. The molecule has 0 heterocycles. The Morgan fingerprint density at radius 1 is 0.284 bits per heavy atom. The number of esters is 4. The molecule has 586 valence electrons. The summed E-state index contributed by atoms with van der Waals surface area (Å²) in [5, 5.41) is 10.6. The third kappa shape index (κ3) is 73.8. The van der Waals surface area contributed by atoms with E-state index in [0.29, 0.717) is 25.7 Å². The average Bonchev–Trinajstić information content (AvgIpc) is 0.923. The fourth-order valence-corrected chi connectivity index (χ4v) is 12.1. The molecule has 0 aromatic heterocycles. The van der Waals surface area contributed by atoms with Gasteiger partial charge in [0.2, 0.25) is 0 Å². The van der Waals surface area contributed by atoms with Crippen molar-refractivity contribution in [3.8, 4) is 0 Å². The second-order valence-electron chi connectivity index (χ2n) is 26.2. The van der Waals surface area contributed by atoms with E-state index in [9.17, 15) is 43.2 Å². The third-order valence-electron chi connectivity index (χ3n) is 16.4. The van der Waals surface area contributed by atoms with E-state index in [-0.39, 0.29) is 25.7 Å². The van der Waals surface area contributed by atoms with Crippen molar-refractivity contribution in [1.29, 1.82) is 0 Å². The Labute approximate surface area is 619 Å². The lowest BCUT2D eigenvalue weighted by atomic mass is 10.0. The molecule has 5 unspecified atom stereocenters. The Hall–Kier alpha value is -4.54. The van der Waals surface area contributed by atoms with Gasteiger partial charge < -0.3 is 33.8 Å². The second-order valence-corrected chi connectivity index (χ2v) is 29.1. The van der Waals surface area contributed by atoms with Crippen molar-refractivity contribution < 1.29 is 80.2 Å². The SMILES string of the molecule is CC/C=C\C/C=C\C/C=C\C/C=C\CCCCCCC(=O)OCC(COP(=O)(O)OCC(O)COP(=O)(O)OCC(COC(=O)CCCCCCC/C=C\C/C=C\C/C=C\CC)OC(=O)CCCCCCC/C=C\C/C=C\C/C=C\CC)OC(=O)CCCCCCCCCCCCCCCCC. The van der Waals surface area contributed by atoms with E-state index in [0.717, 1.165) is 180 Å². The number of unbranched alkanes of at least 4 members (excludes halogenated alkanes) is 28. The third-order valence-corrected chi connectivity index (χ3v) is 18.3. The maximum Gasteiger partial charge on any atom is 0.472 e. The molecule has 0 saturated carbocycles. The molecule has 17 nitrogen and oxygen atoms in total. The zero-order chi connectivity index (χ0) is 74.6. The van der Waals surface area contributed by atoms with Gasteiger partial charge in [0.1, 0.15) is 19.3 Å². The number of phosphoric acid groups is 2. The molecular weight excluding hydrogens is 1330 g/mol. The first kappa shape index (κ1) is 97.5. The summed E-state index contributed by atoms with van der Waals surface area (Å²) in [6.45, 7) is 4.50. The molecule has 0 spiro atoms. The van der Waals surface area contributed by atoms with Crippen LogP contribution in [0.15, 0.2) is 122 Å². The molecular formula is C83H142O17P2. The fraction of sp³-hybridized carbons (Fsp3) is 0.711. The van der Waals surface area contributed by atoms with Crippen LogP contribution in [0.3, 0.4) is 0 Å². The van der Waals surface area contributed by atoms with Gasteiger partial charge in [0.25, 0.3) is 0 Å². The zero-order valence-electron chi connectivity index (χ0n) is 64.0. The van der Waals surface area contributed by atoms with Crippen LogP contribution in [0, 0.1) is 0 Å². The molecule has 0 fully saturated rings. The average molecular weight is 1470 g/mol. The van der Waals surface area contributed by atoms with Gasteiger partial charge in [-0.1, -0.05) is 290 Å². The van der Waals surface area contributed by atoms with Gasteiger partial charge in [-0.05, 0) is 128 Å². The summed E-state index contributed by atoms with van der Waals surface area (Å²) in [5.74, 6) is -2.23. The van der Waals surface area contributed by atoms with Gasteiger partial charge in [0.05, 0.1) is 26.4 Å². The number of ether oxygens (including phenoxy) is 4. The highest BCUT2D eigenvalue weighted by atomic mass is 31.2. The van der Waals surface area contributed by atoms with Gasteiger partial charge in [0, 0.05) is 25.7 Å². The predicted molar refractivity (Wildman–Crippen MR) is 418 cm³/mol. The van der Waals surface area contributed by atoms with E-state index >= 15 is 0 Å². The number of phosphoric ester groups is 2. The van der Waals surface area contributed by atoms with Gasteiger partial charge in [-0.15, -0.1) is 0 Å². The van der Waals surface area contributed by atoms with Crippen molar-refractivity contribution in [3.63, 3.8) is 0 Å². The topological polar surface area (TPSA) is 237 Å². The minimum atomic E-state index is -4.99. The highest BCUT2D eigenvalue weighted by molar-refractivity contribution is 7.47. The zero-order valence-corrected chi connectivity index (χ0v) is 65.8. The number of aliphatic hydroxyl groups excluding tert-OH is 1. The highest BCUT2D eigenvalue weighted by Crippen LogP contribution is 2.45. The van der Waals surface area contributed by atoms with Crippen LogP contribution in [-0.2, 0) is 65.4 Å². The van der Waals surface area contributed by atoms with Crippen LogP contribution in [0.25, 0.3) is 0 Å². The molecule has 0 aliphatic rings. The molecule has 0 aromatic carbocycles. The molecule has 0 rings (SSSR count). The first-order chi connectivity index (χ1) is 49.7. The Morgan fingerprint density at radius 3 is 0.784 bits per heavy atom. The lowest BCUT2D eigenvalue weighted by molar-refractivity contribution is -0.161. The number of aliphatic hydroxyl groups is 1. The van der Waals surface area contributed by atoms with Crippen LogP contribution in [0.1, 0.15) is 323 Å². The van der Waals surface area contributed by atoms with E-state index in [1.54, 1.807) is 0 Å². The Balaban J connectivity index is 5.40. The number of carbonyl (C=O) groups excluding carboxylic acids is 4. The molecule has 0 saturated heterocycles. The number of carbonyl (C=O) groups is 4.